The van der Waals surface area contributed by atoms with Gasteiger partial charge in [-0.05, 0) is 54.1 Å². The van der Waals surface area contributed by atoms with Crippen molar-refractivity contribution < 1.29 is 0 Å². The summed E-state index contributed by atoms with van der Waals surface area (Å²) in [6, 6.07) is 17.9. The van der Waals surface area contributed by atoms with Crippen molar-refractivity contribution in [3.8, 4) is 11.1 Å². The van der Waals surface area contributed by atoms with Gasteiger partial charge in [0.1, 0.15) is 0 Å². The Labute approximate surface area is 122 Å². The summed E-state index contributed by atoms with van der Waals surface area (Å²) < 4.78 is 0. The lowest BCUT2D eigenvalue weighted by Crippen LogP contribution is -2.24. The van der Waals surface area contributed by atoms with Crippen molar-refractivity contribution in [2.24, 2.45) is 0 Å². The van der Waals surface area contributed by atoms with E-state index in [9.17, 15) is 0 Å². The van der Waals surface area contributed by atoms with Crippen molar-refractivity contribution in [1.29, 1.82) is 0 Å². The number of nitrogens with one attached hydrogen (secondary N) is 1. The zero-order valence-electron chi connectivity index (χ0n) is 12.6. The van der Waals surface area contributed by atoms with Gasteiger partial charge in [-0.25, -0.2) is 0 Å². The van der Waals surface area contributed by atoms with Gasteiger partial charge >= 0.3 is 0 Å². The van der Waals surface area contributed by atoms with Gasteiger partial charge in [0.2, 0.25) is 0 Å². The zero-order chi connectivity index (χ0) is 14.2. The van der Waals surface area contributed by atoms with Crippen LogP contribution in [0.15, 0.2) is 48.5 Å². The van der Waals surface area contributed by atoms with E-state index in [4.69, 9.17) is 0 Å². The summed E-state index contributed by atoms with van der Waals surface area (Å²) in [4.78, 5) is 0. The van der Waals surface area contributed by atoms with E-state index < -0.39 is 0 Å². The van der Waals surface area contributed by atoms with Gasteiger partial charge in [0.15, 0.2) is 0 Å². The molecular formula is C19H23N. The van der Waals surface area contributed by atoms with Crippen molar-refractivity contribution in [3.05, 3.63) is 59.7 Å². The molecule has 0 aromatic heterocycles. The lowest BCUT2D eigenvalue weighted by Gasteiger charge is -2.16. The van der Waals surface area contributed by atoms with Crippen LogP contribution in [-0.4, -0.2) is 7.05 Å². The Morgan fingerprint density at radius 3 is 2.20 bits per heavy atom. The molecule has 0 atom stereocenters. The van der Waals surface area contributed by atoms with E-state index in [2.05, 4.69) is 74.7 Å². The lowest BCUT2D eigenvalue weighted by atomic mass is 9.95. The maximum absolute atomic E-state index is 3.48. The maximum atomic E-state index is 3.48. The summed E-state index contributed by atoms with van der Waals surface area (Å²) in [5, 5.41) is 3.48. The SMILES string of the molecule is CNC1(c2cccc(-c3cccc(C(C)C)c3)c2)CC1. The highest BCUT2D eigenvalue weighted by Gasteiger charge is 2.42. The van der Waals surface area contributed by atoms with Gasteiger partial charge in [0.05, 0.1) is 0 Å². The molecule has 1 N–H and O–H groups in total. The summed E-state index contributed by atoms with van der Waals surface area (Å²) in [7, 11) is 2.07. The second-order valence-corrected chi connectivity index (χ2v) is 6.19. The molecule has 1 saturated carbocycles. The van der Waals surface area contributed by atoms with Crippen molar-refractivity contribution in [2.75, 3.05) is 7.05 Å². The van der Waals surface area contributed by atoms with Gasteiger partial charge in [-0.15, -0.1) is 0 Å². The molecule has 0 radical (unpaired) electrons. The number of rotatable bonds is 4. The standard InChI is InChI=1S/C19H23N/c1-14(2)15-6-4-7-16(12-15)17-8-5-9-18(13-17)19(20-3)10-11-19/h4-9,12-14,20H,10-11H2,1-3H3. The Balaban J connectivity index is 1.98. The number of hydrogen-bond acceptors (Lipinski definition) is 1. The Bertz CT molecular complexity index is 609. The predicted molar refractivity (Wildman–Crippen MR) is 85.9 cm³/mol. The topological polar surface area (TPSA) is 12.0 Å². The van der Waals surface area contributed by atoms with Gasteiger partial charge in [0.25, 0.3) is 0 Å². The highest BCUT2D eigenvalue weighted by molar-refractivity contribution is 5.65. The monoisotopic (exact) mass is 265 g/mol. The molecule has 1 nitrogen and oxygen atoms in total. The smallest absolute Gasteiger partial charge is 0.0434 e. The Morgan fingerprint density at radius 2 is 1.60 bits per heavy atom. The molecule has 0 spiro atoms. The molecule has 1 heteroatoms. The van der Waals surface area contributed by atoms with E-state index in [-0.39, 0.29) is 5.54 Å². The zero-order valence-corrected chi connectivity index (χ0v) is 12.6. The Morgan fingerprint density at radius 1 is 0.950 bits per heavy atom. The number of benzene rings is 2. The van der Waals surface area contributed by atoms with Crippen LogP contribution in [0.4, 0.5) is 0 Å². The minimum absolute atomic E-state index is 0.242. The minimum atomic E-state index is 0.242. The van der Waals surface area contributed by atoms with Gasteiger partial charge in [-0.3, -0.25) is 0 Å². The average molecular weight is 265 g/mol. The molecule has 2 aromatic rings. The van der Waals surface area contributed by atoms with Gasteiger partial charge < -0.3 is 5.32 Å². The van der Waals surface area contributed by atoms with E-state index in [0.717, 1.165) is 0 Å². The molecule has 0 aliphatic heterocycles. The highest BCUT2D eigenvalue weighted by atomic mass is 15.0. The van der Waals surface area contributed by atoms with Crippen LogP contribution in [0, 0.1) is 0 Å². The van der Waals surface area contributed by atoms with Crippen LogP contribution in [0.25, 0.3) is 11.1 Å². The van der Waals surface area contributed by atoms with E-state index in [1.807, 2.05) is 0 Å². The predicted octanol–water partition coefficient (Wildman–Crippen LogP) is 4.69. The molecule has 3 rings (SSSR count). The third-order valence-electron chi connectivity index (χ3n) is 4.53. The summed E-state index contributed by atoms with van der Waals surface area (Å²) >= 11 is 0. The highest BCUT2D eigenvalue weighted by Crippen LogP contribution is 2.45. The molecular weight excluding hydrogens is 242 g/mol. The molecule has 104 valence electrons. The van der Waals surface area contributed by atoms with Gasteiger partial charge in [0, 0.05) is 5.54 Å². The summed E-state index contributed by atoms with van der Waals surface area (Å²) in [6.45, 7) is 4.49. The van der Waals surface area contributed by atoms with Crippen molar-refractivity contribution in [1.82, 2.24) is 5.32 Å². The fourth-order valence-electron chi connectivity index (χ4n) is 2.88. The quantitative estimate of drug-likeness (QED) is 0.846. The summed E-state index contributed by atoms with van der Waals surface area (Å²) in [5.41, 5.74) is 5.72. The molecule has 1 aliphatic rings. The molecule has 1 aliphatic carbocycles. The second kappa shape index (κ2) is 5.06. The van der Waals surface area contributed by atoms with Crippen LogP contribution >= 0.6 is 0 Å². The van der Waals surface area contributed by atoms with Crippen LogP contribution in [0.5, 0.6) is 0 Å². The first-order chi connectivity index (χ1) is 9.64. The van der Waals surface area contributed by atoms with Crippen molar-refractivity contribution >= 4 is 0 Å². The molecule has 0 heterocycles. The van der Waals surface area contributed by atoms with Crippen molar-refractivity contribution in [2.45, 2.75) is 38.1 Å². The molecule has 1 fully saturated rings. The van der Waals surface area contributed by atoms with Crippen LogP contribution in [0.3, 0.4) is 0 Å². The Hall–Kier alpha value is -1.60. The fourth-order valence-corrected chi connectivity index (χ4v) is 2.88. The van der Waals surface area contributed by atoms with Crippen LogP contribution in [0.2, 0.25) is 0 Å². The van der Waals surface area contributed by atoms with Crippen LogP contribution in [0.1, 0.15) is 43.7 Å². The lowest BCUT2D eigenvalue weighted by molar-refractivity contribution is 0.586. The molecule has 0 saturated heterocycles. The van der Waals surface area contributed by atoms with Gasteiger partial charge in [-0.2, -0.15) is 0 Å². The number of hydrogen-bond donors (Lipinski definition) is 1. The van der Waals surface area contributed by atoms with E-state index >= 15 is 0 Å². The molecule has 0 unspecified atom stereocenters. The molecule has 2 aromatic carbocycles. The normalized spacial score (nSPS) is 16.4. The molecule has 0 amide bonds. The Kier molecular flexibility index (Phi) is 3.39. The summed E-state index contributed by atoms with van der Waals surface area (Å²) in [5.74, 6) is 0.574. The van der Waals surface area contributed by atoms with E-state index in [1.54, 1.807) is 0 Å². The fraction of sp³-hybridized carbons (Fsp3) is 0.368. The van der Waals surface area contributed by atoms with Crippen molar-refractivity contribution in [3.63, 3.8) is 0 Å². The first-order valence-electron chi connectivity index (χ1n) is 7.54. The third-order valence-corrected chi connectivity index (χ3v) is 4.53. The van der Waals surface area contributed by atoms with Crippen LogP contribution < -0.4 is 5.32 Å². The molecule has 20 heavy (non-hydrogen) atoms. The third kappa shape index (κ3) is 2.38. The maximum Gasteiger partial charge on any atom is 0.0434 e. The first kappa shape index (κ1) is 13.4. The summed E-state index contributed by atoms with van der Waals surface area (Å²) in [6.07, 6.45) is 2.50. The van der Waals surface area contributed by atoms with E-state index in [0.29, 0.717) is 5.92 Å². The van der Waals surface area contributed by atoms with E-state index in [1.165, 1.54) is 35.1 Å². The largest absolute Gasteiger partial charge is 0.310 e. The molecule has 0 bridgehead atoms. The van der Waals surface area contributed by atoms with Crippen LogP contribution in [-0.2, 0) is 5.54 Å². The minimum Gasteiger partial charge on any atom is -0.310 e. The van der Waals surface area contributed by atoms with Gasteiger partial charge in [-0.1, -0.05) is 56.3 Å². The first-order valence-corrected chi connectivity index (χ1v) is 7.54. The second-order valence-electron chi connectivity index (χ2n) is 6.19. The average Bonchev–Trinajstić information content (AvgIpc) is 3.29.